The number of aliphatic hydroxyl groups is 1. The number of aliphatic hydroxyl groups excluding tert-OH is 1. The predicted molar refractivity (Wildman–Crippen MR) is 123 cm³/mol. The molecule has 0 fully saturated rings. The summed E-state index contributed by atoms with van der Waals surface area (Å²) in [5, 5.41) is 11.0. The van der Waals surface area contributed by atoms with E-state index in [0.717, 1.165) is 28.7 Å². The second-order valence-corrected chi connectivity index (χ2v) is 9.68. The topological polar surface area (TPSA) is 46.5 Å². The summed E-state index contributed by atoms with van der Waals surface area (Å²) < 4.78 is 4.98. The van der Waals surface area contributed by atoms with Gasteiger partial charge in [0.2, 0.25) is 0 Å². The summed E-state index contributed by atoms with van der Waals surface area (Å²) in [6.07, 6.45) is 3.14. The molecule has 3 rings (SSSR count). The molecule has 0 bridgehead atoms. The molecule has 1 aliphatic rings. The first-order valence-electron chi connectivity index (χ1n) is 10.8. The highest BCUT2D eigenvalue weighted by Gasteiger charge is 2.37. The molecule has 1 N–H and O–H groups in total. The molecule has 30 heavy (non-hydrogen) atoms. The van der Waals surface area contributed by atoms with Crippen LogP contribution in [0.4, 0.5) is 0 Å². The molecule has 1 atom stereocenters. The summed E-state index contributed by atoms with van der Waals surface area (Å²) in [5.74, 6) is -0.335. The minimum Gasteiger partial charge on any atom is -0.463 e. The first kappa shape index (κ1) is 22.3. The minimum absolute atomic E-state index is 0.111. The number of hydrogen-bond acceptors (Lipinski definition) is 3. The standard InChI is InChI=1S/C27H34O3/c1-7-30-24(28)16-18(2)19-8-10-20(11-9-19)25(29)21-12-13-22-23(17-21)27(5,6)15-14-26(22,3)4/h8-13,16-17,25,29H,7,14-15H2,1-6H3. The van der Waals surface area contributed by atoms with Gasteiger partial charge in [-0.15, -0.1) is 0 Å². The third-order valence-corrected chi connectivity index (χ3v) is 6.50. The van der Waals surface area contributed by atoms with Crippen molar-refractivity contribution in [2.24, 2.45) is 0 Å². The van der Waals surface area contributed by atoms with E-state index in [1.165, 1.54) is 23.6 Å². The first-order valence-corrected chi connectivity index (χ1v) is 10.8. The summed E-state index contributed by atoms with van der Waals surface area (Å²) in [7, 11) is 0. The van der Waals surface area contributed by atoms with Crippen molar-refractivity contribution < 1.29 is 14.6 Å². The molecule has 1 aliphatic carbocycles. The van der Waals surface area contributed by atoms with Gasteiger partial charge in [0.25, 0.3) is 0 Å². The number of rotatable bonds is 5. The molecular weight excluding hydrogens is 372 g/mol. The van der Waals surface area contributed by atoms with Crippen LogP contribution in [-0.2, 0) is 20.4 Å². The molecular formula is C27H34O3. The Bertz CT molecular complexity index is 949. The second kappa shape index (κ2) is 8.39. The number of esters is 1. The van der Waals surface area contributed by atoms with Gasteiger partial charge in [0.1, 0.15) is 6.10 Å². The van der Waals surface area contributed by atoms with Crippen LogP contribution in [0.15, 0.2) is 48.5 Å². The van der Waals surface area contributed by atoms with E-state index in [0.29, 0.717) is 6.61 Å². The van der Waals surface area contributed by atoms with E-state index in [1.807, 2.05) is 31.2 Å². The molecule has 0 saturated heterocycles. The third kappa shape index (κ3) is 4.52. The van der Waals surface area contributed by atoms with Gasteiger partial charge in [-0.1, -0.05) is 70.2 Å². The van der Waals surface area contributed by atoms with Gasteiger partial charge < -0.3 is 9.84 Å². The Hall–Kier alpha value is -2.39. The Morgan fingerprint density at radius 2 is 1.57 bits per heavy atom. The van der Waals surface area contributed by atoms with Gasteiger partial charge in [0.05, 0.1) is 6.61 Å². The lowest BCUT2D eigenvalue weighted by atomic mass is 9.63. The number of hydrogen-bond donors (Lipinski definition) is 1. The lowest BCUT2D eigenvalue weighted by molar-refractivity contribution is -0.137. The lowest BCUT2D eigenvalue weighted by Gasteiger charge is -2.42. The van der Waals surface area contributed by atoms with Crippen molar-refractivity contribution in [3.8, 4) is 0 Å². The molecule has 3 heteroatoms. The maximum atomic E-state index is 11.7. The molecule has 0 spiro atoms. The largest absolute Gasteiger partial charge is 0.463 e. The summed E-state index contributed by atoms with van der Waals surface area (Å²) in [6, 6.07) is 14.2. The van der Waals surface area contributed by atoms with E-state index in [2.05, 4.69) is 45.9 Å². The zero-order valence-electron chi connectivity index (χ0n) is 19.1. The molecule has 0 radical (unpaired) electrons. The van der Waals surface area contributed by atoms with Gasteiger partial charge in [-0.25, -0.2) is 4.79 Å². The number of benzene rings is 2. The summed E-state index contributed by atoms with van der Waals surface area (Å²) >= 11 is 0. The number of allylic oxidation sites excluding steroid dienone is 1. The van der Waals surface area contributed by atoms with Gasteiger partial charge in [0, 0.05) is 6.08 Å². The van der Waals surface area contributed by atoms with Crippen molar-refractivity contribution in [1.29, 1.82) is 0 Å². The predicted octanol–water partition coefficient (Wildman–Crippen LogP) is 6.08. The van der Waals surface area contributed by atoms with Crippen molar-refractivity contribution >= 4 is 11.5 Å². The number of ether oxygens (including phenoxy) is 1. The van der Waals surface area contributed by atoms with Crippen LogP contribution in [0.3, 0.4) is 0 Å². The fourth-order valence-electron chi connectivity index (χ4n) is 4.34. The molecule has 0 heterocycles. The molecule has 0 aliphatic heterocycles. The van der Waals surface area contributed by atoms with Crippen LogP contribution in [0.25, 0.3) is 5.57 Å². The molecule has 3 nitrogen and oxygen atoms in total. The Morgan fingerprint density at radius 1 is 1.00 bits per heavy atom. The van der Waals surface area contributed by atoms with Crippen molar-refractivity contribution in [2.45, 2.75) is 71.3 Å². The Kier molecular flexibility index (Phi) is 6.24. The zero-order valence-corrected chi connectivity index (χ0v) is 19.1. The molecule has 2 aromatic carbocycles. The van der Waals surface area contributed by atoms with E-state index in [9.17, 15) is 9.90 Å². The van der Waals surface area contributed by atoms with Gasteiger partial charge in [-0.05, 0) is 70.9 Å². The molecule has 0 saturated carbocycles. The average Bonchev–Trinajstić information content (AvgIpc) is 2.71. The fraction of sp³-hybridized carbons (Fsp3) is 0.444. The van der Waals surface area contributed by atoms with Crippen LogP contribution >= 0.6 is 0 Å². The number of carbonyl (C=O) groups is 1. The van der Waals surface area contributed by atoms with Crippen LogP contribution in [0.5, 0.6) is 0 Å². The van der Waals surface area contributed by atoms with Gasteiger partial charge >= 0.3 is 5.97 Å². The maximum Gasteiger partial charge on any atom is 0.331 e. The van der Waals surface area contributed by atoms with Gasteiger partial charge in [-0.3, -0.25) is 0 Å². The highest BCUT2D eigenvalue weighted by atomic mass is 16.5. The Labute approximate surface area is 180 Å². The van der Waals surface area contributed by atoms with E-state index in [1.54, 1.807) is 6.92 Å². The SMILES string of the molecule is CCOC(=O)C=C(C)c1ccc(C(O)c2ccc3c(c2)C(C)(C)CCC3(C)C)cc1. The van der Waals surface area contributed by atoms with E-state index < -0.39 is 6.10 Å². The third-order valence-electron chi connectivity index (χ3n) is 6.50. The van der Waals surface area contributed by atoms with E-state index in [4.69, 9.17) is 4.74 Å². The summed E-state index contributed by atoms with van der Waals surface area (Å²) in [4.78, 5) is 11.7. The average molecular weight is 407 g/mol. The van der Waals surface area contributed by atoms with E-state index >= 15 is 0 Å². The molecule has 0 amide bonds. The van der Waals surface area contributed by atoms with Crippen molar-refractivity contribution in [3.05, 3.63) is 76.4 Å². The summed E-state index contributed by atoms with van der Waals surface area (Å²) in [6.45, 7) is 13.2. The Morgan fingerprint density at radius 3 is 2.17 bits per heavy atom. The van der Waals surface area contributed by atoms with Gasteiger partial charge in [0.15, 0.2) is 0 Å². The van der Waals surface area contributed by atoms with Crippen molar-refractivity contribution in [2.75, 3.05) is 6.61 Å². The van der Waals surface area contributed by atoms with Crippen molar-refractivity contribution in [3.63, 3.8) is 0 Å². The smallest absolute Gasteiger partial charge is 0.331 e. The molecule has 2 aromatic rings. The highest BCUT2D eigenvalue weighted by Crippen LogP contribution is 2.46. The maximum absolute atomic E-state index is 11.7. The lowest BCUT2D eigenvalue weighted by Crippen LogP contribution is -2.34. The van der Waals surface area contributed by atoms with Crippen molar-refractivity contribution in [1.82, 2.24) is 0 Å². The second-order valence-electron chi connectivity index (χ2n) is 9.68. The van der Waals surface area contributed by atoms with E-state index in [-0.39, 0.29) is 16.8 Å². The van der Waals surface area contributed by atoms with Crippen LogP contribution in [0.2, 0.25) is 0 Å². The minimum atomic E-state index is -0.681. The van der Waals surface area contributed by atoms with Crippen LogP contribution < -0.4 is 0 Å². The Balaban J connectivity index is 1.87. The molecule has 1 unspecified atom stereocenters. The normalized spacial score (nSPS) is 18.4. The van der Waals surface area contributed by atoms with Crippen LogP contribution in [-0.4, -0.2) is 17.7 Å². The number of fused-ring (bicyclic) bond motifs is 1. The summed E-state index contributed by atoms with van der Waals surface area (Å²) in [5.41, 5.74) is 6.56. The zero-order chi connectivity index (χ0) is 22.1. The molecule has 160 valence electrons. The highest BCUT2D eigenvalue weighted by molar-refractivity contribution is 5.90. The monoisotopic (exact) mass is 406 g/mol. The molecule has 0 aromatic heterocycles. The van der Waals surface area contributed by atoms with Crippen LogP contribution in [0.1, 0.15) is 88.3 Å². The van der Waals surface area contributed by atoms with Crippen LogP contribution in [0, 0.1) is 0 Å². The fourth-order valence-corrected chi connectivity index (χ4v) is 4.34. The van der Waals surface area contributed by atoms with Gasteiger partial charge in [-0.2, -0.15) is 0 Å². The first-order chi connectivity index (χ1) is 14.0. The number of carbonyl (C=O) groups excluding carboxylic acids is 1. The quantitative estimate of drug-likeness (QED) is 0.483.